The second-order valence-corrected chi connectivity index (χ2v) is 3.94. The molecule has 0 aromatic carbocycles. The second-order valence-electron chi connectivity index (χ2n) is 2.90. The summed E-state index contributed by atoms with van der Waals surface area (Å²) < 4.78 is 0. The van der Waals surface area contributed by atoms with E-state index in [4.69, 9.17) is 5.73 Å². The number of nitrogens with zero attached hydrogens (tertiary/aromatic N) is 1. The number of hydrogen-bond donors (Lipinski definition) is 1. The fourth-order valence-electron chi connectivity index (χ4n) is 1.11. The molecule has 0 aliphatic rings. The molecule has 2 N–H and O–H groups in total. The van der Waals surface area contributed by atoms with Crippen molar-refractivity contribution in [3.63, 3.8) is 0 Å². The maximum atomic E-state index is 5.48. The number of hydrogen-bond acceptors (Lipinski definition) is 2. The molecular formula is C9H14N2S. The normalized spacial score (nSPS) is 14.7. The van der Waals surface area contributed by atoms with E-state index in [9.17, 15) is 0 Å². The largest absolute Gasteiger partial charge is 0.388 e. The first kappa shape index (κ1) is 9.26. The van der Waals surface area contributed by atoms with Crippen LogP contribution in [0.5, 0.6) is 0 Å². The van der Waals surface area contributed by atoms with Crippen LogP contribution in [0.3, 0.4) is 0 Å². The van der Waals surface area contributed by atoms with Crippen molar-refractivity contribution in [1.29, 1.82) is 0 Å². The van der Waals surface area contributed by atoms with Crippen molar-refractivity contribution < 1.29 is 0 Å². The molecule has 0 spiro atoms. The summed E-state index contributed by atoms with van der Waals surface area (Å²) in [6.45, 7) is 3.90. The fraction of sp³-hybridized carbons (Fsp3) is 0.444. The highest BCUT2D eigenvalue weighted by Gasteiger charge is 2.01. The van der Waals surface area contributed by atoms with Gasteiger partial charge < -0.3 is 5.73 Å². The van der Waals surface area contributed by atoms with Crippen LogP contribution in [0.2, 0.25) is 0 Å². The van der Waals surface area contributed by atoms with Gasteiger partial charge in [-0.3, -0.25) is 4.99 Å². The van der Waals surface area contributed by atoms with E-state index in [0.29, 0.717) is 11.9 Å². The predicted octanol–water partition coefficient (Wildman–Crippen LogP) is 2.06. The number of nitrogens with two attached hydrogens (primary N) is 1. The third kappa shape index (κ3) is 3.05. The SMILES string of the molecule is CC(N)=NC(C)Cc1cccs1. The van der Waals surface area contributed by atoms with Crippen LogP contribution in [0, 0.1) is 0 Å². The molecule has 2 nitrogen and oxygen atoms in total. The average Bonchev–Trinajstić information content (AvgIpc) is 2.37. The molecule has 12 heavy (non-hydrogen) atoms. The minimum Gasteiger partial charge on any atom is -0.388 e. The molecular weight excluding hydrogens is 168 g/mol. The van der Waals surface area contributed by atoms with Crippen LogP contribution < -0.4 is 5.73 Å². The molecule has 1 atom stereocenters. The monoisotopic (exact) mass is 182 g/mol. The third-order valence-corrected chi connectivity index (χ3v) is 2.40. The zero-order valence-electron chi connectivity index (χ0n) is 7.45. The molecule has 3 heteroatoms. The Morgan fingerprint density at radius 1 is 1.75 bits per heavy atom. The van der Waals surface area contributed by atoms with Crippen molar-refractivity contribution in [3.8, 4) is 0 Å². The van der Waals surface area contributed by atoms with Crippen LogP contribution in [0.15, 0.2) is 22.5 Å². The topological polar surface area (TPSA) is 38.4 Å². The quantitative estimate of drug-likeness (QED) is 0.564. The number of thiophene rings is 1. The van der Waals surface area contributed by atoms with E-state index >= 15 is 0 Å². The molecule has 1 aromatic rings. The van der Waals surface area contributed by atoms with Crippen LogP contribution in [-0.4, -0.2) is 11.9 Å². The van der Waals surface area contributed by atoms with Gasteiger partial charge in [-0.25, -0.2) is 0 Å². The summed E-state index contributed by atoms with van der Waals surface area (Å²) in [6, 6.07) is 4.49. The van der Waals surface area contributed by atoms with Crippen LogP contribution in [-0.2, 0) is 6.42 Å². The highest BCUT2D eigenvalue weighted by Crippen LogP contribution is 2.12. The van der Waals surface area contributed by atoms with Crippen LogP contribution >= 0.6 is 11.3 Å². The van der Waals surface area contributed by atoms with Crippen LogP contribution in [0.4, 0.5) is 0 Å². The molecule has 0 bridgehead atoms. The van der Waals surface area contributed by atoms with Gasteiger partial charge in [0.25, 0.3) is 0 Å². The Labute approximate surface area is 77.1 Å². The summed E-state index contributed by atoms with van der Waals surface area (Å²) in [5.74, 6) is 0.666. The predicted molar refractivity (Wildman–Crippen MR) is 54.8 cm³/mol. The van der Waals surface area contributed by atoms with Crippen molar-refractivity contribution in [2.45, 2.75) is 26.3 Å². The summed E-state index contributed by atoms with van der Waals surface area (Å²) >= 11 is 1.77. The van der Waals surface area contributed by atoms with Gasteiger partial charge in [0.2, 0.25) is 0 Å². The van der Waals surface area contributed by atoms with E-state index in [1.165, 1.54) is 4.88 Å². The molecule has 1 aromatic heterocycles. The average molecular weight is 182 g/mol. The van der Waals surface area contributed by atoms with Crippen molar-refractivity contribution in [3.05, 3.63) is 22.4 Å². The van der Waals surface area contributed by atoms with Crippen molar-refractivity contribution in [1.82, 2.24) is 0 Å². The first-order valence-corrected chi connectivity index (χ1v) is 4.88. The summed E-state index contributed by atoms with van der Waals surface area (Å²) in [6.07, 6.45) is 0.992. The standard InChI is InChI=1S/C9H14N2S/c1-7(11-8(2)10)6-9-4-3-5-12-9/h3-5,7H,6H2,1-2H3,(H2,10,11). The van der Waals surface area contributed by atoms with E-state index in [0.717, 1.165) is 6.42 Å². The molecule has 0 amide bonds. The van der Waals surface area contributed by atoms with Gasteiger partial charge in [-0.1, -0.05) is 6.07 Å². The zero-order valence-corrected chi connectivity index (χ0v) is 8.27. The van der Waals surface area contributed by atoms with Crippen molar-refractivity contribution in [2.24, 2.45) is 10.7 Å². The molecule has 0 saturated heterocycles. The highest BCUT2D eigenvalue weighted by molar-refractivity contribution is 7.09. The van der Waals surface area contributed by atoms with E-state index in [-0.39, 0.29) is 0 Å². The van der Waals surface area contributed by atoms with E-state index in [1.807, 2.05) is 6.92 Å². The number of aliphatic imine (C=N–C) groups is 1. The lowest BCUT2D eigenvalue weighted by Crippen LogP contribution is -2.12. The lowest BCUT2D eigenvalue weighted by molar-refractivity contribution is 0.747. The molecule has 1 rings (SSSR count). The summed E-state index contributed by atoms with van der Waals surface area (Å²) in [7, 11) is 0. The summed E-state index contributed by atoms with van der Waals surface area (Å²) in [5.41, 5.74) is 5.48. The minimum atomic E-state index is 0.300. The summed E-state index contributed by atoms with van der Waals surface area (Å²) in [4.78, 5) is 5.62. The van der Waals surface area contributed by atoms with Crippen LogP contribution in [0.1, 0.15) is 18.7 Å². The van der Waals surface area contributed by atoms with Crippen LogP contribution in [0.25, 0.3) is 0 Å². The Morgan fingerprint density at radius 3 is 3.00 bits per heavy atom. The van der Waals surface area contributed by atoms with Gasteiger partial charge in [-0.05, 0) is 25.3 Å². The second kappa shape index (κ2) is 4.26. The lowest BCUT2D eigenvalue weighted by atomic mass is 10.2. The maximum absolute atomic E-state index is 5.48. The van der Waals surface area contributed by atoms with Gasteiger partial charge in [0.05, 0.1) is 11.9 Å². The highest BCUT2D eigenvalue weighted by atomic mass is 32.1. The number of amidine groups is 1. The molecule has 0 aliphatic carbocycles. The Hall–Kier alpha value is -0.830. The van der Waals surface area contributed by atoms with Gasteiger partial charge in [0.15, 0.2) is 0 Å². The first-order valence-electron chi connectivity index (χ1n) is 4.00. The van der Waals surface area contributed by atoms with E-state index < -0.39 is 0 Å². The van der Waals surface area contributed by atoms with Crippen molar-refractivity contribution >= 4 is 17.2 Å². The Balaban J connectivity index is 2.47. The molecule has 0 fully saturated rings. The lowest BCUT2D eigenvalue weighted by Gasteiger charge is -2.03. The Kier molecular flexibility index (Phi) is 3.29. The third-order valence-electron chi connectivity index (χ3n) is 1.50. The zero-order chi connectivity index (χ0) is 8.97. The van der Waals surface area contributed by atoms with Gasteiger partial charge in [-0.2, -0.15) is 0 Å². The first-order chi connectivity index (χ1) is 5.68. The molecule has 66 valence electrons. The maximum Gasteiger partial charge on any atom is 0.0909 e. The number of rotatable bonds is 3. The molecule has 0 aliphatic heterocycles. The van der Waals surface area contributed by atoms with Gasteiger partial charge >= 0.3 is 0 Å². The Morgan fingerprint density at radius 2 is 2.50 bits per heavy atom. The molecule has 1 unspecified atom stereocenters. The van der Waals surface area contributed by atoms with E-state index in [1.54, 1.807) is 11.3 Å². The van der Waals surface area contributed by atoms with Gasteiger partial charge in [0, 0.05) is 11.3 Å². The smallest absolute Gasteiger partial charge is 0.0909 e. The Bertz CT molecular complexity index is 248. The molecule has 0 radical (unpaired) electrons. The van der Waals surface area contributed by atoms with Gasteiger partial charge in [0.1, 0.15) is 0 Å². The fourth-order valence-corrected chi connectivity index (χ4v) is 1.94. The molecule has 1 heterocycles. The van der Waals surface area contributed by atoms with Crippen molar-refractivity contribution in [2.75, 3.05) is 0 Å². The van der Waals surface area contributed by atoms with Gasteiger partial charge in [-0.15, -0.1) is 11.3 Å². The molecule has 0 saturated carbocycles. The van der Waals surface area contributed by atoms with E-state index in [2.05, 4.69) is 29.4 Å². The minimum absolute atomic E-state index is 0.300. The summed E-state index contributed by atoms with van der Waals surface area (Å²) in [5, 5.41) is 2.08.